The molecule has 0 spiro atoms. The first kappa shape index (κ1) is 38.3. The van der Waals surface area contributed by atoms with Crippen LogP contribution in [0.15, 0.2) is 12.7 Å². The summed E-state index contributed by atoms with van der Waals surface area (Å²) in [6, 6.07) is -0.963. The molecule has 0 aliphatic carbocycles. The van der Waals surface area contributed by atoms with E-state index in [1.807, 2.05) is 38.9 Å². The van der Waals surface area contributed by atoms with Gasteiger partial charge in [0.25, 0.3) is 0 Å². The quantitative estimate of drug-likeness (QED) is 0.124. The number of carbonyl (C=O) groups excluding carboxylic acids is 3. The van der Waals surface area contributed by atoms with Crippen LogP contribution >= 0.6 is 0 Å². The van der Waals surface area contributed by atoms with Gasteiger partial charge in [-0.1, -0.05) is 19.9 Å². The lowest BCUT2D eigenvalue weighted by molar-refractivity contribution is -0.297. The highest BCUT2D eigenvalue weighted by Crippen LogP contribution is 2.36. The van der Waals surface area contributed by atoms with E-state index in [1.54, 1.807) is 21.0 Å². The van der Waals surface area contributed by atoms with Gasteiger partial charge in [-0.3, -0.25) is 9.59 Å². The minimum atomic E-state index is -1.14. The maximum atomic E-state index is 14.0. The number of methoxy groups -OCH3 is 1. The highest BCUT2D eigenvalue weighted by Gasteiger charge is 2.51. The van der Waals surface area contributed by atoms with E-state index in [-0.39, 0.29) is 30.7 Å². The van der Waals surface area contributed by atoms with Gasteiger partial charge in [-0.05, 0) is 80.1 Å². The summed E-state index contributed by atoms with van der Waals surface area (Å²) in [7, 11) is 5.39. The number of rotatable bonds is 9. The standard InChI is InChI=1S/C33H58N4O9/c1-11-12-13-34-17-23-14-24(37(8)9)26(39)30(44-23)45-28-20(3)25(38)21(4)29(40)43-18-33(7)27(36-31(41)46-33)22(5)35-16-19(2)15-32(28,6)42-10/h11,19-24,26-28,30,34-35,39H,1,12-18H2,2-10H3,(H,36,41)/t19-,20+,21?,22-,23?,24?,26?,27-,28-,30?,32-,33-/m1/s1. The molecule has 46 heavy (non-hydrogen) atoms. The van der Waals surface area contributed by atoms with Crippen LogP contribution in [0.4, 0.5) is 4.79 Å². The molecule has 0 aromatic carbocycles. The molecular weight excluding hydrogens is 596 g/mol. The number of ketones is 1. The molecule has 5 unspecified atom stereocenters. The molecule has 264 valence electrons. The normalized spacial score (nSPS) is 41.5. The molecule has 3 saturated heterocycles. The van der Waals surface area contributed by atoms with E-state index in [9.17, 15) is 19.5 Å². The van der Waals surface area contributed by atoms with Crippen LogP contribution in [0.3, 0.4) is 0 Å². The van der Waals surface area contributed by atoms with Crippen molar-refractivity contribution < 1.29 is 43.2 Å². The van der Waals surface area contributed by atoms with Crippen LogP contribution in [-0.4, -0.2) is 129 Å². The Labute approximate surface area is 274 Å². The van der Waals surface area contributed by atoms with E-state index < -0.39 is 65.4 Å². The number of likely N-dealkylation sites (N-methyl/N-ethyl adjacent to an activating group) is 1. The van der Waals surface area contributed by atoms with Gasteiger partial charge in [0, 0.05) is 31.7 Å². The zero-order valence-electron chi connectivity index (χ0n) is 29.2. The molecule has 0 aromatic heterocycles. The zero-order valence-corrected chi connectivity index (χ0v) is 29.2. The number of hydrogen-bond acceptors (Lipinski definition) is 12. The average Bonchev–Trinajstić information content (AvgIpc) is 3.32. The molecule has 0 aromatic rings. The summed E-state index contributed by atoms with van der Waals surface area (Å²) in [6.07, 6.45) is -0.0714. The number of aliphatic hydroxyl groups is 1. The third-order valence-corrected chi connectivity index (χ3v) is 9.90. The third kappa shape index (κ3) is 9.06. The molecule has 13 heteroatoms. The highest BCUT2D eigenvalue weighted by molar-refractivity contribution is 6.00. The lowest BCUT2D eigenvalue weighted by Gasteiger charge is -2.47. The minimum Gasteiger partial charge on any atom is -0.461 e. The van der Waals surface area contributed by atoms with Crippen molar-refractivity contribution in [3.63, 3.8) is 0 Å². The average molecular weight is 655 g/mol. The van der Waals surface area contributed by atoms with Crippen LogP contribution in [-0.2, 0) is 33.3 Å². The Morgan fingerprint density at radius 3 is 2.50 bits per heavy atom. The lowest BCUT2D eigenvalue weighted by atomic mass is 9.78. The zero-order chi connectivity index (χ0) is 34.4. The molecule has 1 amide bonds. The second-order valence-corrected chi connectivity index (χ2v) is 14.1. The van der Waals surface area contributed by atoms with Crippen molar-refractivity contribution in [2.45, 2.75) is 115 Å². The number of alkyl carbamates (subject to hydrolysis) is 1. The molecule has 12 atom stereocenters. The van der Waals surface area contributed by atoms with E-state index in [4.69, 9.17) is 23.7 Å². The van der Waals surface area contributed by atoms with Gasteiger partial charge in [-0.15, -0.1) is 6.58 Å². The predicted molar refractivity (Wildman–Crippen MR) is 172 cm³/mol. The summed E-state index contributed by atoms with van der Waals surface area (Å²) >= 11 is 0. The van der Waals surface area contributed by atoms with Crippen molar-refractivity contribution in [3.05, 3.63) is 12.7 Å². The molecule has 3 aliphatic heterocycles. The van der Waals surface area contributed by atoms with Gasteiger partial charge in [0.15, 0.2) is 17.7 Å². The second kappa shape index (κ2) is 16.3. The number of fused-ring (bicyclic) bond motifs is 1. The molecule has 0 saturated carbocycles. The summed E-state index contributed by atoms with van der Waals surface area (Å²) in [5, 5.41) is 21.2. The Kier molecular flexibility index (Phi) is 13.6. The SMILES string of the molecule is C=CCCNCC1CC(N(C)C)C(O)C(O[C@@H]2[C@@H](C)C(=O)C(C)C(=O)OC[C@@]3(C)OC(=O)N[C@@H]3[C@@H](C)NC[C@H](C)C[C@@]2(C)OC)O1. The first-order valence-corrected chi connectivity index (χ1v) is 16.5. The van der Waals surface area contributed by atoms with Gasteiger partial charge in [0.1, 0.15) is 18.6 Å². The molecule has 3 aliphatic rings. The Morgan fingerprint density at radius 1 is 1.17 bits per heavy atom. The van der Waals surface area contributed by atoms with Crippen molar-refractivity contribution >= 4 is 17.8 Å². The predicted octanol–water partition coefficient (Wildman–Crippen LogP) is 1.62. The molecule has 13 nitrogen and oxygen atoms in total. The van der Waals surface area contributed by atoms with Gasteiger partial charge in [-0.2, -0.15) is 0 Å². The first-order valence-electron chi connectivity index (χ1n) is 16.5. The number of amides is 1. The fourth-order valence-electron chi connectivity index (χ4n) is 7.02. The molecule has 4 N–H and O–H groups in total. The number of aliphatic hydroxyl groups excluding tert-OH is 1. The van der Waals surface area contributed by atoms with Gasteiger partial charge in [-0.25, -0.2) is 4.79 Å². The number of esters is 1. The molecule has 0 radical (unpaired) electrons. The second-order valence-electron chi connectivity index (χ2n) is 14.1. The van der Waals surface area contributed by atoms with Crippen molar-refractivity contribution in [2.75, 3.05) is 47.4 Å². The number of Topliss-reactive ketones (excluding diaryl/α,β-unsaturated/α-hetero) is 1. The van der Waals surface area contributed by atoms with Crippen LogP contribution in [0.2, 0.25) is 0 Å². The van der Waals surface area contributed by atoms with Gasteiger partial charge in [0.05, 0.1) is 23.9 Å². The fourth-order valence-corrected chi connectivity index (χ4v) is 7.02. The van der Waals surface area contributed by atoms with E-state index >= 15 is 0 Å². The minimum absolute atomic E-state index is 0.0269. The number of cyclic esters (lactones) is 1. The van der Waals surface area contributed by atoms with Crippen molar-refractivity contribution in [2.24, 2.45) is 17.8 Å². The summed E-state index contributed by atoms with van der Waals surface area (Å²) in [4.78, 5) is 41.4. The van der Waals surface area contributed by atoms with E-state index in [2.05, 4.69) is 29.5 Å². The van der Waals surface area contributed by atoms with Gasteiger partial charge < -0.3 is 49.6 Å². The molecule has 3 fully saturated rings. The molecular formula is C33H58N4O9. The summed E-state index contributed by atoms with van der Waals surface area (Å²) in [5.74, 6) is -3.08. The number of hydrogen-bond donors (Lipinski definition) is 4. The number of carbonyl (C=O) groups is 3. The van der Waals surface area contributed by atoms with Gasteiger partial charge >= 0.3 is 12.1 Å². The summed E-state index contributed by atoms with van der Waals surface area (Å²) in [5.41, 5.74) is -2.15. The maximum Gasteiger partial charge on any atom is 0.408 e. The Hall–Kier alpha value is -2.13. The van der Waals surface area contributed by atoms with Crippen LogP contribution in [0, 0.1) is 17.8 Å². The van der Waals surface area contributed by atoms with Crippen LogP contribution in [0.1, 0.15) is 60.8 Å². The van der Waals surface area contributed by atoms with Gasteiger partial charge in [0.2, 0.25) is 0 Å². The smallest absolute Gasteiger partial charge is 0.408 e. The third-order valence-electron chi connectivity index (χ3n) is 9.90. The summed E-state index contributed by atoms with van der Waals surface area (Å²) in [6.45, 7) is 16.2. The van der Waals surface area contributed by atoms with Crippen LogP contribution in [0.25, 0.3) is 0 Å². The Balaban J connectivity index is 1.95. The topological polar surface area (TPSA) is 157 Å². The van der Waals surface area contributed by atoms with E-state index in [0.717, 1.165) is 13.0 Å². The van der Waals surface area contributed by atoms with Crippen molar-refractivity contribution in [3.8, 4) is 0 Å². The number of nitrogens with zero attached hydrogens (tertiary/aromatic N) is 1. The van der Waals surface area contributed by atoms with Crippen LogP contribution < -0.4 is 16.0 Å². The molecule has 0 bridgehead atoms. The molecule has 3 heterocycles. The monoisotopic (exact) mass is 654 g/mol. The summed E-state index contributed by atoms with van der Waals surface area (Å²) < 4.78 is 30.3. The largest absolute Gasteiger partial charge is 0.461 e. The molecule has 3 rings (SSSR count). The highest BCUT2D eigenvalue weighted by atomic mass is 16.7. The van der Waals surface area contributed by atoms with Crippen molar-refractivity contribution in [1.82, 2.24) is 20.9 Å². The van der Waals surface area contributed by atoms with E-state index in [0.29, 0.717) is 25.9 Å². The first-order chi connectivity index (χ1) is 21.6. The van der Waals surface area contributed by atoms with E-state index in [1.165, 1.54) is 6.92 Å². The van der Waals surface area contributed by atoms with Crippen molar-refractivity contribution in [1.29, 1.82) is 0 Å². The Bertz CT molecular complexity index is 1060. The lowest BCUT2D eigenvalue weighted by Crippen LogP contribution is -2.60. The number of nitrogens with one attached hydrogen (secondary N) is 3. The Morgan fingerprint density at radius 2 is 1.87 bits per heavy atom. The fraction of sp³-hybridized carbons (Fsp3) is 0.848. The number of ether oxygens (including phenoxy) is 5. The maximum absolute atomic E-state index is 14.0. The van der Waals surface area contributed by atoms with Crippen LogP contribution in [0.5, 0.6) is 0 Å².